The predicted octanol–water partition coefficient (Wildman–Crippen LogP) is 4.67. The molecule has 0 spiro atoms. The van der Waals surface area contributed by atoms with E-state index in [9.17, 15) is 9.18 Å². The Morgan fingerprint density at radius 1 is 1.28 bits per heavy atom. The lowest BCUT2D eigenvalue weighted by Crippen LogP contribution is -2.36. The van der Waals surface area contributed by atoms with Gasteiger partial charge in [-0.1, -0.05) is 42.5 Å². The van der Waals surface area contributed by atoms with Gasteiger partial charge in [0.1, 0.15) is 12.4 Å². The molecular weight excluding hydrogens is 390 g/mol. The Morgan fingerprint density at radius 3 is 2.44 bits per heavy atom. The van der Waals surface area contributed by atoms with Crippen molar-refractivity contribution in [2.45, 2.75) is 38.1 Å². The van der Waals surface area contributed by atoms with Gasteiger partial charge in [0, 0.05) is 18.2 Å². The molecule has 140 valence electrons. The average molecular weight is 412 g/mol. The second kappa shape index (κ2) is 10.9. The number of nitrogens with two attached hydrogens (primary N) is 1. The molecule has 0 radical (unpaired) electrons. The quantitative estimate of drug-likeness (QED) is 0.715. The number of benzene rings is 1. The van der Waals surface area contributed by atoms with Gasteiger partial charge < -0.3 is 15.8 Å². The molecule has 0 saturated heterocycles. The van der Waals surface area contributed by atoms with Crippen LogP contribution in [0.2, 0.25) is 10.0 Å². The highest BCUT2D eigenvalue weighted by Gasteiger charge is 2.19. The highest BCUT2D eigenvalue weighted by atomic mass is 35.5. The number of carbonyl (C=O) groups excluding carboxylic acids is 1. The fraction of sp³-hybridized carbons (Fsp3) is 0.471. The van der Waals surface area contributed by atoms with Crippen molar-refractivity contribution in [3.63, 3.8) is 0 Å². The Bertz CT molecular complexity index is 597. The Balaban J connectivity index is 0.00000312. The van der Waals surface area contributed by atoms with Gasteiger partial charge in [-0.15, -0.1) is 12.4 Å². The third-order valence-electron chi connectivity index (χ3n) is 3.89. The van der Waals surface area contributed by atoms with Crippen LogP contribution in [0.1, 0.15) is 42.5 Å². The fourth-order valence-corrected chi connectivity index (χ4v) is 3.27. The Hall–Kier alpha value is -1.01. The molecule has 4 nitrogen and oxygen atoms in total. The van der Waals surface area contributed by atoms with Crippen LogP contribution in [0.5, 0.6) is 5.75 Å². The van der Waals surface area contributed by atoms with Crippen molar-refractivity contribution in [2.24, 2.45) is 5.73 Å². The third kappa shape index (κ3) is 6.66. The maximum Gasteiger partial charge on any atom is 0.251 e. The van der Waals surface area contributed by atoms with E-state index in [2.05, 4.69) is 5.32 Å². The summed E-state index contributed by atoms with van der Waals surface area (Å²) in [5.74, 6) is -0.580. The van der Waals surface area contributed by atoms with Gasteiger partial charge in [0.25, 0.3) is 5.91 Å². The minimum absolute atomic E-state index is 0. The molecule has 0 unspecified atom stereocenters. The van der Waals surface area contributed by atoms with Crippen molar-refractivity contribution in [3.05, 3.63) is 39.6 Å². The smallest absolute Gasteiger partial charge is 0.251 e. The predicted molar refractivity (Wildman–Crippen MR) is 102 cm³/mol. The van der Waals surface area contributed by atoms with Crippen molar-refractivity contribution in [2.75, 3.05) is 13.2 Å². The number of amides is 1. The first-order chi connectivity index (χ1) is 11.5. The number of nitrogens with one attached hydrogen (secondary N) is 1. The number of ether oxygens (including phenoxy) is 1. The molecule has 8 heteroatoms. The summed E-state index contributed by atoms with van der Waals surface area (Å²) >= 11 is 12.3. The van der Waals surface area contributed by atoms with Crippen LogP contribution in [-0.2, 0) is 0 Å². The van der Waals surface area contributed by atoms with Gasteiger partial charge in [0.2, 0.25) is 0 Å². The molecule has 1 saturated carbocycles. The lowest BCUT2D eigenvalue weighted by molar-refractivity contribution is 0.0927. The molecular formula is C17H22Cl3FN2O2. The van der Waals surface area contributed by atoms with E-state index in [1.807, 2.05) is 0 Å². The molecule has 1 aromatic carbocycles. The molecule has 25 heavy (non-hydrogen) atoms. The largest absolute Gasteiger partial charge is 0.483 e. The van der Waals surface area contributed by atoms with Gasteiger partial charge in [-0.05, 0) is 31.1 Å². The highest BCUT2D eigenvalue weighted by molar-refractivity contribution is 6.37. The summed E-state index contributed by atoms with van der Waals surface area (Å²) in [6, 6.07) is 3.15. The fourth-order valence-electron chi connectivity index (χ4n) is 2.67. The van der Waals surface area contributed by atoms with Gasteiger partial charge in [0.05, 0.1) is 10.0 Å². The molecule has 2 rings (SSSR count). The molecule has 0 aliphatic heterocycles. The van der Waals surface area contributed by atoms with Crippen LogP contribution < -0.4 is 15.8 Å². The summed E-state index contributed by atoms with van der Waals surface area (Å²) < 4.78 is 18.6. The zero-order valence-corrected chi connectivity index (χ0v) is 16.0. The van der Waals surface area contributed by atoms with Crippen LogP contribution in [0, 0.1) is 0 Å². The molecule has 3 N–H and O–H groups in total. The number of rotatable bonds is 6. The second-order valence-electron chi connectivity index (χ2n) is 5.75. The average Bonchev–Trinajstić information content (AvgIpc) is 2.55. The monoisotopic (exact) mass is 410 g/mol. The third-order valence-corrected chi connectivity index (χ3v) is 4.46. The lowest BCUT2D eigenvalue weighted by Gasteiger charge is -2.23. The summed E-state index contributed by atoms with van der Waals surface area (Å²) in [6.45, 7) is -0.235. The van der Waals surface area contributed by atoms with E-state index in [1.54, 1.807) is 0 Å². The first-order valence-electron chi connectivity index (χ1n) is 7.98. The second-order valence-corrected chi connectivity index (χ2v) is 6.57. The van der Waals surface area contributed by atoms with E-state index in [-0.39, 0.29) is 53.3 Å². The summed E-state index contributed by atoms with van der Waals surface area (Å²) in [5.41, 5.74) is 5.58. The van der Waals surface area contributed by atoms with E-state index in [1.165, 1.54) is 24.6 Å². The van der Waals surface area contributed by atoms with Crippen molar-refractivity contribution in [3.8, 4) is 5.75 Å². The van der Waals surface area contributed by atoms with Crippen LogP contribution in [-0.4, -0.2) is 25.1 Å². The van der Waals surface area contributed by atoms with Crippen LogP contribution in [0.4, 0.5) is 4.39 Å². The first-order valence-corrected chi connectivity index (χ1v) is 8.74. The number of hydrogen-bond donors (Lipinski definition) is 2. The molecule has 1 aliphatic rings. The summed E-state index contributed by atoms with van der Waals surface area (Å²) in [6.07, 6.45) is 6.64. The van der Waals surface area contributed by atoms with Crippen LogP contribution in [0.15, 0.2) is 24.0 Å². The minimum atomic E-state index is -0.510. The molecule has 0 bridgehead atoms. The molecule has 1 aromatic rings. The summed E-state index contributed by atoms with van der Waals surface area (Å²) in [5, 5.41) is 3.32. The van der Waals surface area contributed by atoms with Crippen LogP contribution >= 0.6 is 35.6 Å². The summed E-state index contributed by atoms with van der Waals surface area (Å²) in [7, 11) is 0. The van der Waals surface area contributed by atoms with E-state index in [0.717, 1.165) is 25.7 Å². The van der Waals surface area contributed by atoms with Crippen molar-refractivity contribution in [1.82, 2.24) is 5.32 Å². The van der Waals surface area contributed by atoms with Crippen LogP contribution in [0.25, 0.3) is 0 Å². The first kappa shape index (κ1) is 22.0. The number of carbonyl (C=O) groups is 1. The van der Waals surface area contributed by atoms with E-state index < -0.39 is 5.83 Å². The molecule has 1 fully saturated rings. The molecule has 1 aliphatic carbocycles. The van der Waals surface area contributed by atoms with Crippen LogP contribution in [0.3, 0.4) is 0 Å². The Labute approximate surface area is 163 Å². The Kier molecular flexibility index (Phi) is 9.57. The van der Waals surface area contributed by atoms with Crippen molar-refractivity contribution in [1.29, 1.82) is 0 Å². The molecule has 1 amide bonds. The normalized spacial score (nSPS) is 15.4. The molecule has 0 heterocycles. The molecule has 0 aromatic heterocycles. The summed E-state index contributed by atoms with van der Waals surface area (Å²) in [4.78, 5) is 12.3. The molecule has 0 atom stereocenters. The van der Waals surface area contributed by atoms with Gasteiger partial charge in [-0.25, -0.2) is 4.39 Å². The van der Waals surface area contributed by atoms with E-state index in [0.29, 0.717) is 5.56 Å². The highest BCUT2D eigenvalue weighted by Crippen LogP contribution is 2.34. The SMILES string of the molecule is Cl.NCC=C(F)COc1c(Cl)cc(C(=O)NC2CCCCC2)cc1Cl. The lowest BCUT2D eigenvalue weighted by atomic mass is 9.95. The standard InChI is InChI=1S/C17H21Cl2FN2O2.ClH/c18-14-8-11(17(23)22-13-4-2-1-3-5-13)9-15(19)16(14)24-10-12(20)6-7-21;/h6,8-9,13H,1-5,7,10,21H2,(H,22,23);1H. The van der Waals surface area contributed by atoms with Gasteiger partial charge in [0.15, 0.2) is 5.75 Å². The Morgan fingerprint density at radius 2 is 1.88 bits per heavy atom. The minimum Gasteiger partial charge on any atom is -0.483 e. The zero-order valence-electron chi connectivity index (χ0n) is 13.7. The maximum atomic E-state index is 13.3. The van der Waals surface area contributed by atoms with E-state index >= 15 is 0 Å². The number of hydrogen-bond acceptors (Lipinski definition) is 3. The zero-order chi connectivity index (χ0) is 17.5. The van der Waals surface area contributed by atoms with Gasteiger partial charge >= 0.3 is 0 Å². The van der Waals surface area contributed by atoms with E-state index in [4.69, 9.17) is 33.7 Å². The van der Waals surface area contributed by atoms with Crippen molar-refractivity contribution < 1.29 is 13.9 Å². The maximum absolute atomic E-state index is 13.3. The van der Waals surface area contributed by atoms with Gasteiger partial charge in [-0.2, -0.15) is 0 Å². The number of halogens is 4. The topological polar surface area (TPSA) is 64.3 Å². The van der Waals surface area contributed by atoms with Gasteiger partial charge in [-0.3, -0.25) is 4.79 Å². The van der Waals surface area contributed by atoms with Crippen molar-refractivity contribution >= 4 is 41.5 Å².